The number of nitrogens with one attached hydrogen (secondary N) is 1. The molecule has 98 valence electrons. The molecule has 1 amide bonds. The minimum atomic E-state index is -0.411. The molecule has 0 aromatic heterocycles. The lowest BCUT2D eigenvalue weighted by molar-refractivity contribution is -0.121. The van der Waals surface area contributed by atoms with Gasteiger partial charge in [0, 0.05) is 10.4 Å². The number of hydrogen-bond donors (Lipinski definition) is 1. The molecular formula is C13H16BrFN2O. The first-order chi connectivity index (χ1) is 8.56. The van der Waals surface area contributed by atoms with Crippen LogP contribution in [0.15, 0.2) is 22.7 Å². The molecule has 0 bridgehead atoms. The quantitative estimate of drug-likeness (QED) is 0.910. The van der Waals surface area contributed by atoms with Crippen molar-refractivity contribution in [3.8, 4) is 0 Å². The normalized spacial score (nSPS) is 17.7. The molecular weight excluding hydrogens is 299 g/mol. The molecule has 2 rings (SSSR count). The fourth-order valence-corrected chi connectivity index (χ4v) is 2.43. The molecule has 0 spiro atoms. The highest BCUT2D eigenvalue weighted by atomic mass is 79.9. The number of benzene rings is 1. The highest BCUT2D eigenvalue weighted by Gasteiger charge is 2.23. The predicted molar refractivity (Wildman–Crippen MR) is 73.0 cm³/mol. The molecule has 1 aliphatic rings. The second-order valence-corrected chi connectivity index (χ2v) is 5.61. The number of nitrogens with zero attached hydrogens (tertiary/aromatic N) is 1. The lowest BCUT2D eigenvalue weighted by Crippen LogP contribution is -2.36. The van der Waals surface area contributed by atoms with Crippen LogP contribution in [0.25, 0.3) is 0 Å². The maximum Gasteiger partial charge on any atom is 0.227 e. The summed E-state index contributed by atoms with van der Waals surface area (Å²) in [6, 6.07) is 4.64. The molecule has 3 nitrogen and oxygen atoms in total. The zero-order chi connectivity index (χ0) is 13.1. The molecule has 0 radical (unpaired) electrons. The Morgan fingerprint density at radius 2 is 2.11 bits per heavy atom. The Bertz CT molecular complexity index is 445. The number of carbonyl (C=O) groups excluding carboxylic acids is 1. The third-order valence-electron chi connectivity index (χ3n) is 3.28. The second-order valence-electron chi connectivity index (χ2n) is 4.69. The molecule has 18 heavy (non-hydrogen) atoms. The van der Waals surface area contributed by atoms with Gasteiger partial charge in [0.2, 0.25) is 5.91 Å². The van der Waals surface area contributed by atoms with Crippen molar-refractivity contribution in [1.29, 1.82) is 0 Å². The van der Waals surface area contributed by atoms with Crippen LogP contribution in [0, 0.1) is 11.7 Å². The minimum absolute atomic E-state index is 0.00996. The van der Waals surface area contributed by atoms with Gasteiger partial charge in [-0.15, -0.1) is 0 Å². The van der Waals surface area contributed by atoms with E-state index in [1.807, 2.05) is 7.05 Å². The van der Waals surface area contributed by atoms with Crippen LogP contribution in [0.4, 0.5) is 10.1 Å². The first-order valence-electron chi connectivity index (χ1n) is 6.00. The molecule has 0 saturated carbocycles. The van der Waals surface area contributed by atoms with E-state index in [4.69, 9.17) is 0 Å². The number of amides is 1. The van der Waals surface area contributed by atoms with Crippen molar-refractivity contribution in [1.82, 2.24) is 4.90 Å². The fraction of sp³-hybridized carbons (Fsp3) is 0.462. The van der Waals surface area contributed by atoms with Gasteiger partial charge in [-0.25, -0.2) is 4.39 Å². The SMILES string of the molecule is CN1CCC(C(=O)Nc2ccc(Br)cc2F)CC1. The smallest absolute Gasteiger partial charge is 0.227 e. The summed E-state index contributed by atoms with van der Waals surface area (Å²) >= 11 is 3.19. The Morgan fingerprint density at radius 1 is 1.44 bits per heavy atom. The number of halogens is 2. The average molecular weight is 315 g/mol. The van der Waals surface area contributed by atoms with Crippen LogP contribution in [-0.4, -0.2) is 30.9 Å². The highest BCUT2D eigenvalue weighted by molar-refractivity contribution is 9.10. The lowest BCUT2D eigenvalue weighted by Gasteiger charge is -2.28. The summed E-state index contributed by atoms with van der Waals surface area (Å²) in [6.07, 6.45) is 1.67. The van der Waals surface area contributed by atoms with Gasteiger partial charge in [0.1, 0.15) is 5.82 Å². The van der Waals surface area contributed by atoms with Gasteiger partial charge in [0.05, 0.1) is 5.69 Å². The van der Waals surface area contributed by atoms with Crippen LogP contribution in [0.3, 0.4) is 0 Å². The molecule has 1 aliphatic heterocycles. The Balaban J connectivity index is 1.98. The van der Waals surface area contributed by atoms with E-state index >= 15 is 0 Å². The summed E-state index contributed by atoms with van der Waals surface area (Å²) in [7, 11) is 2.04. The molecule has 0 aliphatic carbocycles. The van der Waals surface area contributed by atoms with Crippen LogP contribution in [0.5, 0.6) is 0 Å². The van der Waals surface area contributed by atoms with Crippen molar-refractivity contribution in [2.45, 2.75) is 12.8 Å². The van der Waals surface area contributed by atoms with E-state index in [1.165, 1.54) is 6.07 Å². The van der Waals surface area contributed by atoms with Crippen molar-refractivity contribution >= 4 is 27.5 Å². The van der Waals surface area contributed by atoms with E-state index in [0.717, 1.165) is 25.9 Å². The highest BCUT2D eigenvalue weighted by Crippen LogP contribution is 2.22. The van der Waals surface area contributed by atoms with Gasteiger partial charge in [-0.05, 0) is 51.2 Å². The molecule has 1 aromatic rings. The third-order valence-corrected chi connectivity index (χ3v) is 3.77. The summed E-state index contributed by atoms with van der Waals surface area (Å²) in [6.45, 7) is 1.84. The molecule has 1 N–H and O–H groups in total. The van der Waals surface area contributed by atoms with Gasteiger partial charge in [0.25, 0.3) is 0 Å². The van der Waals surface area contributed by atoms with Crippen molar-refractivity contribution in [2.24, 2.45) is 5.92 Å². The predicted octanol–water partition coefficient (Wildman–Crippen LogP) is 2.87. The van der Waals surface area contributed by atoms with Crippen LogP contribution in [-0.2, 0) is 4.79 Å². The maximum absolute atomic E-state index is 13.6. The first kappa shape index (κ1) is 13.5. The van der Waals surface area contributed by atoms with Crippen molar-refractivity contribution in [2.75, 3.05) is 25.5 Å². The minimum Gasteiger partial charge on any atom is -0.323 e. The molecule has 1 saturated heterocycles. The van der Waals surface area contributed by atoms with Gasteiger partial charge in [-0.2, -0.15) is 0 Å². The van der Waals surface area contributed by atoms with Gasteiger partial charge in [-0.1, -0.05) is 15.9 Å². The van der Waals surface area contributed by atoms with Crippen molar-refractivity contribution in [3.63, 3.8) is 0 Å². The summed E-state index contributed by atoms with van der Waals surface area (Å²) in [5.74, 6) is -0.501. The van der Waals surface area contributed by atoms with E-state index < -0.39 is 5.82 Å². The number of piperidine rings is 1. The molecule has 1 heterocycles. The molecule has 5 heteroatoms. The van der Waals surface area contributed by atoms with E-state index in [9.17, 15) is 9.18 Å². The fourth-order valence-electron chi connectivity index (χ4n) is 2.10. The third kappa shape index (κ3) is 3.29. The molecule has 0 unspecified atom stereocenters. The van der Waals surface area contributed by atoms with Crippen molar-refractivity contribution in [3.05, 3.63) is 28.5 Å². The maximum atomic E-state index is 13.6. The lowest BCUT2D eigenvalue weighted by atomic mass is 9.96. The molecule has 1 fully saturated rings. The standard InChI is InChI=1S/C13H16BrFN2O/c1-17-6-4-9(5-7-17)13(18)16-12-3-2-10(14)8-11(12)15/h2-3,8-9H,4-7H2,1H3,(H,16,18). The Kier molecular flexibility index (Phi) is 4.35. The van der Waals surface area contributed by atoms with Crippen LogP contribution >= 0.6 is 15.9 Å². The Labute approximate surface area is 114 Å². The van der Waals surface area contributed by atoms with Gasteiger partial charge >= 0.3 is 0 Å². The number of hydrogen-bond acceptors (Lipinski definition) is 2. The average Bonchev–Trinajstić information content (AvgIpc) is 2.33. The number of anilines is 1. The number of rotatable bonds is 2. The Hall–Kier alpha value is -0.940. The monoisotopic (exact) mass is 314 g/mol. The number of carbonyl (C=O) groups is 1. The summed E-state index contributed by atoms with van der Waals surface area (Å²) in [5.41, 5.74) is 0.252. The number of likely N-dealkylation sites (tertiary alicyclic amines) is 1. The Morgan fingerprint density at radius 3 is 2.72 bits per heavy atom. The van der Waals surface area contributed by atoms with Crippen LogP contribution in [0.1, 0.15) is 12.8 Å². The van der Waals surface area contributed by atoms with Gasteiger partial charge < -0.3 is 10.2 Å². The molecule has 1 aromatic carbocycles. The van der Waals surface area contributed by atoms with E-state index in [-0.39, 0.29) is 17.5 Å². The first-order valence-corrected chi connectivity index (χ1v) is 6.80. The summed E-state index contributed by atoms with van der Waals surface area (Å²) < 4.78 is 14.3. The second kappa shape index (κ2) is 5.80. The van der Waals surface area contributed by atoms with E-state index in [2.05, 4.69) is 26.1 Å². The molecule has 0 atom stereocenters. The summed E-state index contributed by atoms with van der Waals surface area (Å²) in [4.78, 5) is 14.2. The zero-order valence-corrected chi connectivity index (χ0v) is 11.8. The van der Waals surface area contributed by atoms with Gasteiger partial charge in [-0.3, -0.25) is 4.79 Å². The largest absolute Gasteiger partial charge is 0.323 e. The summed E-state index contributed by atoms with van der Waals surface area (Å²) in [5, 5.41) is 2.67. The van der Waals surface area contributed by atoms with Crippen LogP contribution < -0.4 is 5.32 Å². The van der Waals surface area contributed by atoms with Crippen LogP contribution in [0.2, 0.25) is 0 Å². The topological polar surface area (TPSA) is 32.3 Å². The van der Waals surface area contributed by atoms with E-state index in [0.29, 0.717) is 4.47 Å². The van der Waals surface area contributed by atoms with Crippen molar-refractivity contribution < 1.29 is 9.18 Å². The van der Waals surface area contributed by atoms with E-state index in [1.54, 1.807) is 12.1 Å². The zero-order valence-electron chi connectivity index (χ0n) is 10.2. The van der Waals surface area contributed by atoms with Gasteiger partial charge in [0.15, 0.2) is 0 Å².